The van der Waals surface area contributed by atoms with E-state index < -0.39 is 17.9 Å². The number of aromatic nitrogens is 3. The maximum absolute atomic E-state index is 13.2. The third-order valence-electron chi connectivity index (χ3n) is 4.37. The fraction of sp³-hybridized carbons (Fsp3) is 0.0952. The molecule has 0 bridgehead atoms. The average molecular weight is 446 g/mol. The van der Waals surface area contributed by atoms with Crippen LogP contribution in [0.5, 0.6) is 0 Å². The third kappa shape index (κ3) is 4.48. The number of hydrogen-bond donors (Lipinski definition) is 1. The van der Waals surface area contributed by atoms with Gasteiger partial charge in [0.1, 0.15) is 11.6 Å². The first-order valence-electron chi connectivity index (χ1n) is 8.98. The highest BCUT2D eigenvalue weighted by Crippen LogP contribution is 2.30. The molecule has 4 rings (SSSR count). The molecule has 5 nitrogen and oxygen atoms in total. The van der Waals surface area contributed by atoms with E-state index in [0.717, 1.165) is 21.6 Å². The van der Waals surface area contributed by atoms with E-state index in [1.165, 1.54) is 18.2 Å². The number of rotatable bonds is 4. The van der Waals surface area contributed by atoms with Gasteiger partial charge in [-0.2, -0.15) is 23.0 Å². The summed E-state index contributed by atoms with van der Waals surface area (Å²) in [4.78, 5) is 15.9. The molecule has 10 heteroatoms. The third-order valence-corrected chi connectivity index (χ3v) is 5.19. The number of carbonyl (C=O) groups is 1. The number of alkyl halides is 3. The van der Waals surface area contributed by atoms with Crippen molar-refractivity contribution in [2.45, 2.75) is 13.1 Å². The van der Waals surface area contributed by atoms with Crippen LogP contribution >= 0.6 is 11.3 Å². The molecule has 0 saturated carbocycles. The first-order valence-corrected chi connectivity index (χ1v) is 9.86. The summed E-state index contributed by atoms with van der Waals surface area (Å²) in [6.45, 7) is 1.91. The SMILES string of the molecule is Cc1ccc(-c2cc(NC(=O)C(F)(F)F)n(-c3nc(-c4ccc(F)cc4)cs3)n2)cc1. The van der Waals surface area contributed by atoms with E-state index in [9.17, 15) is 22.4 Å². The molecule has 0 aliphatic carbocycles. The van der Waals surface area contributed by atoms with Crippen LogP contribution in [0, 0.1) is 12.7 Å². The average Bonchev–Trinajstić information content (AvgIpc) is 3.36. The van der Waals surface area contributed by atoms with Crippen molar-refractivity contribution in [2.24, 2.45) is 0 Å². The molecule has 31 heavy (non-hydrogen) atoms. The molecule has 2 heterocycles. The van der Waals surface area contributed by atoms with Crippen molar-refractivity contribution in [3.05, 3.63) is 71.4 Å². The van der Waals surface area contributed by atoms with Crippen LogP contribution in [0.4, 0.5) is 23.4 Å². The monoisotopic (exact) mass is 446 g/mol. The smallest absolute Gasteiger partial charge is 0.303 e. The Morgan fingerprint density at radius 3 is 2.26 bits per heavy atom. The van der Waals surface area contributed by atoms with Gasteiger partial charge in [-0.05, 0) is 31.2 Å². The number of aryl methyl sites for hydroxylation is 1. The molecule has 0 aliphatic heterocycles. The van der Waals surface area contributed by atoms with Gasteiger partial charge in [0.05, 0.1) is 11.4 Å². The van der Waals surface area contributed by atoms with Crippen LogP contribution in [0.3, 0.4) is 0 Å². The second-order valence-electron chi connectivity index (χ2n) is 6.67. The van der Waals surface area contributed by atoms with Crippen molar-refractivity contribution in [3.63, 3.8) is 0 Å². The molecule has 2 aromatic heterocycles. The minimum absolute atomic E-state index is 0.169. The number of halogens is 4. The van der Waals surface area contributed by atoms with Crippen LogP contribution in [0.2, 0.25) is 0 Å². The molecule has 0 unspecified atom stereocenters. The Labute approximate surface area is 178 Å². The van der Waals surface area contributed by atoms with Crippen LogP contribution in [-0.2, 0) is 4.79 Å². The largest absolute Gasteiger partial charge is 0.471 e. The Balaban J connectivity index is 1.75. The summed E-state index contributed by atoms with van der Waals surface area (Å²) in [6, 6.07) is 14.3. The number of thiazole rings is 1. The molecule has 158 valence electrons. The predicted octanol–water partition coefficient (Wildman–Crippen LogP) is 5.61. The van der Waals surface area contributed by atoms with Crippen LogP contribution in [0.1, 0.15) is 5.56 Å². The molecule has 0 spiro atoms. The van der Waals surface area contributed by atoms with Crippen LogP contribution in [-0.4, -0.2) is 26.8 Å². The maximum atomic E-state index is 13.2. The lowest BCUT2D eigenvalue weighted by Gasteiger charge is -2.08. The van der Waals surface area contributed by atoms with Crippen molar-refractivity contribution >= 4 is 23.1 Å². The summed E-state index contributed by atoms with van der Waals surface area (Å²) in [5.41, 5.74) is 3.19. The fourth-order valence-corrected chi connectivity index (χ4v) is 3.58. The summed E-state index contributed by atoms with van der Waals surface area (Å²) in [6.07, 6.45) is -5.05. The first kappa shape index (κ1) is 20.7. The van der Waals surface area contributed by atoms with E-state index in [-0.39, 0.29) is 10.9 Å². The van der Waals surface area contributed by atoms with Crippen molar-refractivity contribution in [2.75, 3.05) is 5.32 Å². The number of hydrogen-bond acceptors (Lipinski definition) is 4. The highest BCUT2D eigenvalue weighted by molar-refractivity contribution is 7.12. The van der Waals surface area contributed by atoms with E-state index in [4.69, 9.17) is 0 Å². The van der Waals surface area contributed by atoms with Crippen LogP contribution in [0.25, 0.3) is 27.6 Å². The van der Waals surface area contributed by atoms with Gasteiger partial charge in [0, 0.05) is 22.6 Å². The second kappa shape index (κ2) is 7.95. The minimum atomic E-state index is -5.05. The lowest BCUT2D eigenvalue weighted by molar-refractivity contribution is -0.167. The Hall–Kier alpha value is -3.53. The zero-order chi connectivity index (χ0) is 22.2. The number of nitrogens with one attached hydrogen (secondary N) is 1. The molecule has 1 N–H and O–H groups in total. The summed E-state index contributed by atoms with van der Waals surface area (Å²) in [5, 5.41) is 8.14. The summed E-state index contributed by atoms with van der Waals surface area (Å²) in [5.74, 6) is -2.68. The molecule has 0 fully saturated rings. The molecule has 0 aliphatic rings. The molecule has 0 atom stereocenters. The molecule has 1 amide bonds. The van der Waals surface area contributed by atoms with Crippen molar-refractivity contribution in [1.82, 2.24) is 14.8 Å². The second-order valence-corrected chi connectivity index (χ2v) is 7.50. The number of carbonyl (C=O) groups excluding carboxylic acids is 1. The summed E-state index contributed by atoms with van der Waals surface area (Å²) < 4.78 is 52.8. The van der Waals surface area contributed by atoms with Gasteiger partial charge in [-0.15, -0.1) is 11.3 Å². The molecule has 4 aromatic rings. The van der Waals surface area contributed by atoms with Crippen molar-refractivity contribution in [1.29, 1.82) is 0 Å². The minimum Gasteiger partial charge on any atom is -0.303 e. The zero-order valence-electron chi connectivity index (χ0n) is 15.9. The molecule has 0 saturated heterocycles. The van der Waals surface area contributed by atoms with Crippen molar-refractivity contribution in [3.8, 4) is 27.6 Å². The van der Waals surface area contributed by atoms with Gasteiger partial charge in [-0.25, -0.2) is 9.37 Å². The van der Waals surface area contributed by atoms with E-state index in [1.807, 2.05) is 24.4 Å². The van der Waals surface area contributed by atoms with E-state index in [0.29, 0.717) is 22.5 Å². The van der Waals surface area contributed by atoms with Crippen LogP contribution < -0.4 is 5.32 Å². The van der Waals surface area contributed by atoms with E-state index in [2.05, 4.69) is 10.1 Å². The summed E-state index contributed by atoms with van der Waals surface area (Å²) >= 11 is 1.12. The predicted molar refractivity (Wildman–Crippen MR) is 109 cm³/mol. The topological polar surface area (TPSA) is 59.8 Å². The molecular formula is C21H14F4N4OS. The number of amides is 1. The Morgan fingerprint density at radius 2 is 1.61 bits per heavy atom. The van der Waals surface area contributed by atoms with Gasteiger partial charge in [0.2, 0.25) is 5.13 Å². The quantitative estimate of drug-likeness (QED) is 0.415. The normalized spacial score (nSPS) is 11.5. The first-order chi connectivity index (χ1) is 14.7. The summed E-state index contributed by atoms with van der Waals surface area (Å²) in [7, 11) is 0. The van der Waals surface area contributed by atoms with Gasteiger partial charge in [0.25, 0.3) is 0 Å². The van der Waals surface area contributed by atoms with Gasteiger partial charge < -0.3 is 5.32 Å². The number of nitrogens with zero attached hydrogens (tertiary/aromatic N) is 3. The Morgan fingerprint density at radius 1 is 1.00 bits per heavy atom. The zero-order valence-corrected chi connectivity index (χ0v) is 16.8. The van der Waals surface area contributed by atoms with Crippen LogP contribution in [0.15, 0.2) is 60.0 Å². The van der Waals surface area contributed by atoms with Gasteiger partial charge in [-0.3, -0.25) is 4.79 Å². The van der Waals surface area contributed by atoms with E-state index in [1.54, 1.807) is 29.6 Å². The highest BCUT2D eigenvalue weighted by Gasteiger charge is 2.39. The lowest BCUT2D eigenvalue weighted by atomic mass is 10.1. The fourth-order valence-electron chi connectivity index (χ4n) is 2.78. The molecular weight excluding hydrogens is 432 g/mol. The molecule has 2 aromatic carbocycles. The van der Waals surface area contributed by atoms with Crippen molar-refractivity contribution < 1.29 is 22.4 Å². The Kier molecular flexibility index (Phi) is 5.32. The lowest BCUT2D eigenvalue weighted by Crippen LogP contribution is -2.30. The maximum Gasteiger partial charge on any atom is 0.471 e. The highest BCUT2D eigenvalue weighted by atomic mass is 32.1. The van der Waals surface area contributed by atoms with Gasteiger partial charge >= 0.3 is 12.1 Å². The number of anilines is 1. The van der Waals surface area contributed by atoms with E-state index >= 15 is 0 Å². The van der Waals surface area contributed by atoms with Gasteiger partial charge in [-0.1, -0.05) is 29.8 Å². The van der Waals surface area contributed by atoms with Gasteiger partial charge in [0.15, 0.2) is 0 Å². The Bertz CT molecular complexity index is 1230. The standard InChI is InChI=1S/C21H14F4N4OS/c1-12-2-4-13(5-3-12)16-10-18(27-19(30)21(23,24)25)29(28-16)20-26-17(11-31-20)14-6-8-15(22)9-7-14/h2-11H,1H3,(H,27,30). The number of benzene rings is 2. The molecule has 0 radical (unpaired) electrons.